The van der Waals surface area contributed by atoms with Gasteiger partial charge >= 0.3 is 0 Å². The van der Waals surface area contributed by atoms with Crippen LogP contribution < -0.4 is 0 Å². The van der Waals surface area contributed by atoms with Gasteiger partial charge in [0.1, 0.15) is 0 Å². The number of nitrogens with zero attached hydrogens (tertiary/aromatic N) is 3. The first-order chi connectivity index (χ1) is 12.3. The van der Waals surface area contributed by atoms with Crippen LogP contribution in [0.25, 0.3) is 11.5 Å². The zero-order valence-electron chi connectivity index (χ0n) is 14.3. The van der Waals surface area contributed by atoms with Gasteiger partial charge in [-0.05, 0) is 31.4 Å². The van der Waals surface area contributed by atoms with Crippen LogP contribution in [0.4, 0.5) is 0 Å². The highest BCUT2D eigenvalue weighted by Crippen LogP contribution is 2.30. The minimum atomic E-state index is 0.189. The molecule has 2 fully saturated rings. The van der Waals surface area contributed by atoms with Gasteiger partial charge in [-0.1, -0.05) is 18.2 Å². The fraction of sp³-hybridized carbons (Fsp3) is 0.526. The zero-order chi connectivity index (χ0) is 17.1. The van der Waals surface area contributed by atoms with Crippen molar-refractivity contribution in [2.75, 3.05) is 19.8 Å². The fourth-order valence-electron chi connectivity index (χ4n) is 3.26. The van der Waals surface area contributed by atoms with Gasteiger partial charge in [0.05, 0.1) is 6.61 Å². The molecule has 2 heterocycles. The summed E-state index contributed by atoms with van der Waals surface area (Å²) in [5, 5.41) is 8.16. The summed E-state index contributed by atoms with van der Waals surface area (Å²) in [5.41, 5.74) is 0.897. The number of rotatable bonds is 7. The summed E-state index contributed by atoms with van der Waals surface area (Å²) < 4.78 is 11.1. The second-order valence-electron chi connectivity index (χ2n) is 6.87. The maximum atomic E-state index is 12.7. The molecule has 1 atom stereocenters. The molecular weight excluding hydrogens is 318 g/mol. The van der Waals surface area contributed by atoms with Crippen LogP contribution in [0.2, 0.25) is 0 Å². The molecule has 1 unspecified atom stereocenters. The van der Waals surface area contributed by atoms with Crippen LogP contribution in [0.1, 0.15) is 31.6 Å². The van der Waals surface area contributed by atoms with Crippen LogP contribution in [0.3, 0.4) is 0 Å². The number of carbonyl (C=O) groups is 1. The topological polar surface area (TPSA) is 68.5 Å². The SMILES string of the molecule is O=C(CCc1nnc(-c2ccccc2)o1)N(CC1CCOC1)C1CC1. The molecule has 2 aromatic rings. The summed E-state index contributed by atoms with van der Waals surface area (Å²) >= 11 is 0. The van der Waals surface area contributed by atoms with Gasteiger partial charge in [0.25, 0.3) is 0 Å². The van der Waals surface area contributed by atoms with Gasteiger partial charge in [0, 0.05) is 43.5 Å². The lowest BCUT2D eigenvalue weighted by Crippen LogP contribution is -2.37. The number of amides is 1. The van der Waals surface area contributed by atoms with E-state index in [1.165, 1.54) is 0 Å². The van der Waals surface area contributed by atoms with Gasteiger partial charge in [-0.2, -0.15) is 0 Å². The summed E-state index contributed by atoms with van der Waals surface area (Å²) in [6, 6.07) is 10.1. The fourth-order valence-corrected chi connectivity index (χ4v) is 3.26. The van der Waals surface area contributed by atoms with E-state index in [9.17, 15) is 4.79 Å². The molecule has 1 aromatic carbocycles. The lowest BCUT2D eigenvalue weighted by Gasteiger charge is -2.25. The van der Waals surface area contributed by atoms with Gasteiger partial charge in [-0.15, -0.1) is 10.2 Å². The molecule has 6 nitrogen and oxygen atoms in total. The quantitative estimate of drug-likeness (QED) is 0.774. The highest BCUT2D eigenvalue weighted by atomic mass is 16.5. The predicted molar refractivity (Wildman–Crippen MR) is 91.7 cm³/mol. The maximum absolute atomic E-state index is 12.7. The van der Waals surface area contributed by atoms with Crippen LogP contribution in [-0.4, -0.2) is 46.8 Å². The summed E-state index contributed by atoms with van der Waals surface area (Å²) in [6.07, 6.45) is 4.21. The molecule has 1 aliphatic carbocycles. The van der Waals surface area contributed by atoms with Crippen LogP contribution in [0.15, 0.2) is 34.7 Å². The van der Waals surface area contributed by atoms with Crippen molar-refractivity contribution in [3.8, 4) is 11.5 Å². The number of aryl methyl sites for hydroxylation is 1. The molecule has 1 amide bonds. The van der Waals surface area contributed by atoms with Crippen molar-refractivity contribution >= 4 is 5.91 Å². The Labute approximate surface area is 147 Å². The minimum Gasteiger partial charge on any atom is -0.421 e. The van der Waals surface area contributed by atoms with E-state index < -0.39 is 0 Å². The molecule has 0 bridgehead atoms. The number of ether oxygens (including phenoxy) is 1. The van der Waals surface area contributed by atoms with E-state index in [-0.39, 0.29) is 5.91 Å². The summed E-state index contributed by atoms with van der Waals surface area (Å²) in [5.74, 6) is 1.70. The molecule has 2 aliphatic rings. The lowest BCUT2D eigenvalue weighted by molar-refractivity contribution is -0.132. The minimum absolute atomic E-state index is 0.189. The van der Waals surface area contributed by atoms with Gasteiger partial charge in [-0.25, -0.2) is 0 Å². The first-order valence-corrected chi connectivity index (χ1v) is 9.04. The number of benzene rings is 1. The highest BCUT2D eigenvalue weighted by Gasteiger charge is 2.34. The molecule has 132 valence electrons. The molecule has 25 heavy (non-hydrogen) atoms. The monoisotopic (exact) mass is 341 g/mol. The summed E-state index contributed by atoms with van der Waals surface area (Å²) in [7, 11) is 0. The van der Waals surface area contributed by atoms with Crippen LogP contribution in [0, 0.1) is 5.92 Å². The third-order valence-electron chi connectivity index (χ3n) is 4.83. The van der Waals surface area contributed by atoms with E-state index in [0.29, 0.717) is 36.6 Å². The van der Waals surface area contributed by atoms with Crippen molar-refractivity contribution in [1.29, 1.82) is 0 Å². The average molecular weight is 341 g/mol. The Kier molecular flexibility index (Phi) is 4.78. The Balaban J connectivity index is 1.33. The second-order valence-corrected chi connectivity index (χ2v) is 6.87. The Bertz CT molecular complexity index is 706. The highest BCUT2D eigenvalue weighted by molar-refractivity contribution is 5.77. The normalized spacial score (nSPS) is 19.9. The maximum Gasteiger partial charge on any atom is 0.247 e. The van der Waals surface area contributed by atoms with Crippen LogP contribution in [-0.2, 0) is 16.0 Å². The number of carbonyl (C=O) groups excluding carboxylic acids is 1. The van der Waals surface area contributed by atoms with Crippen molar-refractivity contribution in [3.05, 3.63) is 36.2 Å². The largest absolute Gasteiger partial charge is 0.421 e. The van der Waals surface area contributed by atoms with Gasteiger partial charge < -0.3 is 14.1 Å². The number of aromatic nitrogens is 2. The molecule has 0 radical (unpaired) electrons. The van der Waals surface area contributed by atoms with E-state index >= 15 is 0 Å². The Morgan fingerprint density at radius 3 is 2.72 bits per heavy atom. The molecule has 1 aromatic heterocycles. The Morgan fingerprint density at radius 2 is 2.00 bits per heavy atom. The smallest absolute Gasteiger partial charge is 0.247 e. The lowest BCUT2D eigenvalue weighted by atomic mass is 10.1. The summed E-state index contributed by atoms with van der Waals surface area (Å²) in [4.78, 5) is 14.7. The third-order valence-corrected chi connectivity index (χ3v) is 4.83. The predicted octanol–water partition coefficient (Wildman–Crippen LogP) is 2.70. The van der Waals surface area contributed by atoms with Crippen molar-refractivity contribution in [2.45, 2.75) is 38.1 Å². The van der Waals surface area contributed by atoms with Gasteiger partial charge in [-0.3, -0.25) is 4.79 Å². The molecular formula is C19H23N3O3. The molecule has 0 N–H and O–H groups in total. The standard InChI is InChI=1S/C19H23N3O3/c23-18(22(16-6-7-16)12-14-10-11-24-13-14)9-8-17-20-21-19(25-17)15-4-2-1-3-5-15/h1-5,14,16H,6-13H2. The molecule has 0 spiro atoms. The van der Waals surface area contributed by atoms with Crippen molar-refractivity contribution in [3.63, 3.8) is 0 Å². The van der Waals surface area contributed by atoms with Crippen LogP contribution in [0.5, 0.6) is 0 Å². The van der Waals surface area contributed by atoms with Crippen molar-refractivity contribution < 1.29 is 13.9 Å². The zero-order valence-corrected chi connectivity index (χ0v) is 14.3. The van der Waals surface area contributed by atoms with E-state index in [0.717, 1.165) is 44.6 Å². The molecule has 6 heteroatoms. The summed E-state index contributed by atoms with van der Waals surface area (Å²) in [6.45, 7) is 2.42. The van der Waals surface area contributed by atoms with Gasteiger partial charge in [0.2, 0.25) is 17.7 Å². The average Bonchev–Trinajstić information content (AvgIpc) is 3.16. The second kappa shape index (κ2) is 7.35. The third kappa shape index (κ3) is 4.07. The first kappa shape index (κ1) is 16.3. The molecule has 1 saturated heterocycles. The Hall–Kier alpha value is -2.21. The van der Waals surface area contributed by atoms with E-state index in [1.807, 2.05) is 35.2 Å². The number of hydrogen-bond acceptors (Lipinski definition) is 5. The van der Waals surface area contributed by atoms with Gasteiger partial charge in [0.15, 0.2) is 0 Å². The molecule has 4 rings (SSSR count). The number of hydrogen-bond donors (Lipinski definition) is 0. The molecule has 1 saturated carbocycles. The van der Waals surface area contributed by atoms with E-state index in [1.54, 1.807) is 0 Å². The van der Waals surface area contributed by atoms with E-state index in [2.05, 4.69) is 10.2 Å². The van der Waals surface area contributed by atoms with Crippen molar-refractivity contribution in [1.82, 2.24) is 15.1 Å². The first-order valence-electron chi connectivity index (χ1n) is 9.04. The Morgan fingerprint density at radius 1 is 1.16 bits per heavy atom. The molecule has 1 aliphatic heterocycles. The van der Waals surface area contributed by atoms with Crippen molar-refractivity contribution in [2.24, 2.45) is 5.92 Å². The van der Waals surface area contributed by atoms with Crippen LogP contribution >= 0.6 is 0 Å². The van der Waals surface area contributed by atoms with E-state index in [4.69, 9.17) is 9.15 Å².